The summed E-state index contributed by atoms with van der Waals surface area (Å²) in [6.07, 6.45) is 3.39. The van der Waals surface area contributed by atoms with E-state index in [4.69, 9.17) is 0 Å². The van der Waals surface area contributed by atoms with Gasteiger partial charge in [-0.05, 0) is 17.7 Å². The van der Waals surface area contributed by atoms with Crippen LogP contribution >= 0.6 is 0 Å². The van der Waals surface area contributed by atoms with E-state index in [-0.39, 0.29) is 5.91 Å². The van der Waals surface area contributed by atoms with Crippen molar-refractivity contribution < 1.29 is 4.79 Å². The Balaban J connectivity index is 1.96. The van der Waals surface area contributed by atoms with Crippen LogP contribution in [0.1, 0.15) is 5.56 Å². The summed E-state index contributed by atoms with van der Waals surface area (Å²) in [7, 11) is 0. The van der Waals surface area contributed by atoms with E-state index < -0.39 is 0 Å². The summed E-state index contributed by atoms with van der Waals surface area (Å²) in [5, 5.41) is 2.87. The Bertz CT molecular complexity index is 620. The summed E-state index contributed by atoms with van der Waals surface area (Å²) in [4.78, 5) is 13.7. The third-order valence-corrected chi connectivity index (χ3v) is 3.07. The minimum atomic E-state index is -0.0944. The summed E-state index contributed by atoms with van der Waals surface area (Å²) >= 11 is 0. The van der Waals surface area contributed by atoms with Crippen molar-refractivity contribution in [1.82, 2.24) is 0 Å². The molecule has 3 heteroatoms. The molecule has 1 amide bonds. The minimum Gasteiger partial charge on any atom is -0.342 e. The van der Waals surface area contributed by atoms with Gasteiger partial charge >= 0.3 is 0 Å². The van der Waals surface area contributed by atoms with Crippen LogP contribution in [0.2, 0.25) is 0 Å². The minimum absolute atomic E-state index is 0.0944. The van der Waals surface area contributed by atoms with Crippen LogP contribution in [-0.4, -0.2) is 5.91 Å². The second-order valence-electron chi connectivity index (χ2n) is 4.44. The highest BCUT2D eigenvalue weighted by Gasteiger charge is 2.14. The second-order valence-corrected chi connectivity index (χ2v) is 4.44. The Hall–Kier alpha value is -2.55. The molecule has 0 aliphatic carbocycles. The fourth-order valence-electron chi connectivity index (χ4n) is 2.16. The lowest BCUT2D eigenvalue weighted by atomic mass is 10.2. The van der Waals surface area contributed by atoms with Crippen molar-refractivity contribution in [3.05, 3.63) is 72.4 Å². The van der Waals surface area contributed by atoms with Gasteiger partial charge in [0.1, 0.15) is 0 Å². The molecular weight excluding hydrogens is 236 g/mol. The van der Waals surface area contributed by atoms with E-state index in [0.29, 0.717) is 0 Å². The molecule has 94 valence electrons. The number of anilines is 2. The van der Waals surface area contributed by atoms with Crippen molar-refractivity contribution in [2.75, 3.05) is 10.2 Å². The average Bonchev–Trinajstić information content (AvgIpc) is 2.60. The molecule has 3 rings (SSSR count). The lowest BCUT2D eigenvalue weighted by Crippen LogP contribution is -2.15. The molecule has 2 aromatic rings. The Kier molecular flexibility index (Phi) is 3.02. The molecule has 0 saturated heterocycles. The number of carbonyl (C=O) groups is 1. The van der Waals surface area contributed by atoms with Gasteiger partial charge in [0, 0.05) is 18.8 Å². The lowest BCUT2D eigenvalue weighted by Gasteiger charge is -2.21. The quantitative estimate of drug-likeness (QED) is 0.888. The predicted octanol–water partition coefficient (Wildman–Crippen LogP) is 3.16. The molecule has 3 nitrogen and oxygen atoms in total. The van der Waals surface area contributed by atoms with Crippen molar-refractivity contribution >= 4 is 17.3 Å². The zero-order valence-corrected chi connectivity index (χ0v) is 10.4. The van der Waals surface area contributed by atoms with Gasteiger partial charge in [0.2, 0.25) is 5.91 Å². The molecule has 0 spiro atoms. The Morgan fingerprint density at radius 2 is 1.68 bits per heavy atom. The third kappa shape index (κ3) is 2.50. The predicted molar refractivity (Wildman–Crippen MR) is 76.8 cm³/mol. The number of benzene rings is 2. The number of nitrogens with zero attached hydrogens (tertiary/aromatic N) is 1. The molecule has 0 aromatic heterocycles. The molecular formula is C16H14N2O. The Morgan fingerprint density at radius 1 is 0.947 bits per heavy atom. The van der Waals surface area contributed by atoms with Crippen LogP contribution in [0, 0.1) is 0 Å². The number of hydrogen-bond acceptors (Lipinski definition) is 2. The van der Waals surface area contributed by atoms with Gasteiger partial charge in [-0.15, -0.1) is 0 Å². The normalized spacial score (nSPS) is 13.7. The zero-order valence-electron chi connectivity index (χ0n) is 10.4. The molecule has 1 N–H and O–H groups in total. The molecule has 0 saturated carbocycles. The molecule has 0 radical (unpaired) electrons. The molecule has 0 fully saturated rings. The van der Waals surface area contributed by atoms with Gasteiger partial charge < -0.3 is 10.2 Å². The van der Waals surface area contributed by atoms with Crippen LogP contribution in [0.4, 0.5) is 11.4 Å². The van der Waals surface area contributed by atoms with E-state index in [0.717, 1.165) is 17.9 Å². The lowest BCUT2D eigenvalue weighted by molar-refractivity contribution is -0.111. The Labute approximate surface area is 112 Å². The number of carbonyl (C=O) groups excluding carboxylic acids is 1. The monoisotopic (exact) mass is 250 g/mol. The summed E-state index contributed by atoms with van der Waals surface area (Å²) in [6, 6.07) is 18.0. The van der Waals surface area contributed by atoms with Crippen LogP contribution in [0.15, 0.2) is 66.9 Å². The van der Waals surface area contributed by atoms with Gasteiger partial charge in [0.15, 0.2) is 0 Å². The number of para-hydroxylation sites is 2. The highest BCUT2D eigenvalue weighted by atomic mass is 16.1. The first kappa shape index (κ1) is 11.5. The number of amides is 1. The molecule has 2 aromatic carbocycles. The summed E-state index contributed by atoms with van der Waals surface area (Å²) < 4.78 is 0. The first-order chi connectivity index (χ1) is 9.33. The van der Waals surface area contributed by atoms with Crippen LogP contribution in [0.25, 0.3) is 0 Å². The average molecular weight is 250 g/mol. The van der Waals surface area contributed by atoms with Gasteiger partial charge in [-0.3, -0.25) is 4.79 Å². The topological polar surface area (TPSA) is 32.3 Å². The van der Waals surface area contributed by atoms with Crippen molar-refractivity contribution in [1.29, 1.82) is 0 Å². The van der Waals surface area contributed by atoms with Crippen LogP contribution in [0.5, 0.6) is 0 Å². The van der Waals surface area contributed by atoms with Crippen LogP contribution < -0.4 is 10.2 Å². The highest BCUT2D eigenvalue weighted by molar-refractivity contribution is 6.03. The maximum absolute atomic E-state index is 11.6. The van der Waals surface area contributed by atoms with E-state index >= 15 is 0 Å². The van der Waals surface area contributed by atoms with Gasteiger partial charge in [-0.1, -0.05) is 42.5 Å². The van der Waals surface area contributed by atoms with E-state index in [2.05, 4.69) is 22.3 Å². The smallest absolute Gasteiger partial charge is 0.249 e. The van der Waals surface area contributed by atoms with Gasteiger partial charge in [0.25, 0.3) is 0 Å². The van der Waals surface area contributed by atoms with Crippen molar-refractivity contribution in [3.8, 4) is 0 Å². The van der Waals surface area contributed by atoms with Gasteiger partial charge in [0.05, 0.1) is 11.4 Å². The fourth-order valence-corrected chi connectivity index (χ4v) is 2.16. The maximum Gasteiger partial charge on any atom is 0.249 e. The maximum atomic E-state index is 11.6. The van der Waals surface area contributed by atoms with Crippen molar-refractivity contribution in [2.45, 2.75) is 6.54 Å². The Morgan fingerprint density at radius 3 is 2.53 bits per heavy atom. The van der Waals surface area contributed by atoms with E-state index in [1.807, 2.05) is 48.7 Å². The summed E-state index contributed by atoms with van der Waals surface area (Å²) in [6.45, 7) is 0.739. The second kappa shape index (κ2) is 4.98. The molecule has 0 atom stereocenters. The highest BCUT2D eigenvalue weighted by Crippen LogP contribution is 2.29. The first-order valence-corrected chi connectivity index (χ1v) is 6.22. The zero-order chi connectivity index (χ0) is 13.1. The molecule has 0 unspecified atom stereocenters. The third-order valence-electron chi connectivity index (χ3n) is 3.07. The standard InChI is InChI=1S/C16H14N2O/c19-16-10-11-18(12-13-6-2-1-3-7-13)15-9-5-4-8-14(15)17-16/h1-11H,12H2,(H,17,19). The van der Waals surface area contributed by atoms with E-state index in [1.54, 1.807) is 6.08 Å². The SMILES string of the molecule is O=C1C=CN(Cc2ccccc2)c2ccccc2N1. The molecule has 1 heterocycles. The summed E-state index contributed by atoms with van der Waals surface area (Å²) in [5.74, 6) is -0.0944. The first-order valence-electron chi connectivity index (χ1n) is 6.22. The number of fused-ring (bicyclic) bond motifs is 1. The molecule has 0 bridgehead atoms. The van der Waals surface area contributed by atoms with E-state index in [1.165, 1.54) is 5.56 Å². The van der Waals surface area contributed by atoms with Crippen molar-refractivity contribution in [2.24, 2.45) is 0 Å². The largest absolute Gasteiger partial charge is 0.342 e. The molecule has 19 heavy (non-hydrogen) atoms. The van der Waals surface area contributed by atoms with E-state index in [9.17, 15) is 4.79 Å². The number of nitrogens with one attached hydrogen (secondary N) is 1. The molecule has 1 aliphatic heterocycles. The van der Waals surface area contributed by atoms with Crippen LogP contribution in [0.3, 0.4) is 0 Å². The number of rotatable bonds is 2. The van der Waals surface area contributed by atoms with Gasteiger partial charge in [-0.2, -0.15) is 0 Å². The van der Waals surface area contributed by atoms with Gasteiger partial charge in [-0.25, -0.2) is 0 Å². The summed E-state index contributed by atoms with van der Waals surface area (Å²) in [5.41, 5.74) is 3.05. The molecule has 1 aliphatic rings. The number of hydrogen-bond donors (Lipinski definition) is 1. The van der Waals surface area contributed by atoms with Crippen molar-refractivity contribution in [3.63, 3.8) is 0 Å². The fraction of sp³-hybridized carbons (Fsp3) is 0.0625. The van der Waals surface area contributed by atoms with Crippen LogP contribution in [-0.2, 0) is 11.3 Å².